The third-order valence-electron chi connectivity index (χ3n) is 3.35. The lowest BCUT2D eigenvalue weighted by Gasteiger charge is -2.25. The molecule has 116 valence electrons. The van der Waals surface area contributed by atoms with Crippen LogP contribution in [0.4, 0.5) is 0 Å². The summed E-state index contributed by atoms with van der Waals surface area (Å²) >= 11 is 0. The Morgan fingerprint density at radius 2 is 1.81 bits per heavy atom. The molecule has 0 aliphatic carbocycles. The van der Waals surface area contributed by atoms with Crippen LogP contribution in [-0.4, -0.2) is 41.2 Å². The van der Waals surface area contributed by atoms with Crippen LogP contribution in [0.25, 0.3) is 11.4 Å². The van der Waals surface area contributed by atoms with Gasteiger partial charge in [0.05, 0.1) is 6.54 Å². The molecule has 1 aliphatic rings. The van der Waals surface area contributed by atoms with E-state index < -0.39 is 0 Å². The zero-order chi connectivity index (χ0) is 13.1. The molecule has 1 aliphatic heterocycles. The number of aromatic nitrogens is 2. The van der Waals surface area contributed by atoms with Gasteiger partial charge in [-0.2, -0.15) is 4.98 Å². The van der Waals surface area contributed by atoms with E-state index in [9.17, 15) is 0 Å². The van der Waals surface area contributed by atoms with Gasteiger partial charge < -0.3 is 9.84 Å². The van der Waals surface area contributed by atoms with Crippen molar-refractivity contribution in [3.63, 3.8) is 0 Å². The zero-order valence-corrected chi connectivity index (χ0v) is 13.5. The Morgan fingerprint density at radius 3 is 2.48 bits per heavy atom. The first kappa shape index (κ1) is 17.9. The Hall–Kier alpha value is -1.14. The van der Waals surface area contributed by atoms with Crippen molar-refractivity contribution < 1.29 is 4.52 Å². The molecule has 0 radical (unpaired) electrons. The van der Waals surface area contributed by atoms with Crippen LogP contribution in [0.1, 0.15) is 11.5 Å². The number of rotatable bonds is 3. The summed E-state index contributed by atoms with van der Waals surface area (Å²) in [5, 5.41) is 7.38. The van der Waals surface area contributed by atoms with Gasteiger partial charge in [0, 0.05) is 31.7 Å². The molecule has 1 N–H and O–H groups in total. The largest absolute Gasteiger partial charge is 0.338 e. The Labute approximate surface area is 136 Å². The normalized spacial score (nSPS) is 15.1. The predicted molar refractivity (Wildman–Crippen MR) is 87.1 cm³/mol. The molecule has 1 saturated heterocycles. The number of piperazine rings is 1. The van der Waals surface area contributed by atoms with E-state index in [0.29, 0.717) is 11.7 Å². The van der Waals surface area contributed by atoms with Crippen LogP contribution in [0.15, 0.2) is 28.8 Å². The van der Waals surface area contributed by atoms with Crippen molar-refractivity contribution in [3.8, 4) is 11.4 Å². The number of aryl methyl sites for hydroxylation is 1. The van der Waals surface area contributed by atoms with E-state index in [-0.39, 0.29) is 24.8 Å². The predicted octanol–water partition coefficient (Wildman–Crippen LogP) is 2.29. The topological polar surface area (TPSA) is 54.2 Å². The first-order valence-electron chi connectivity index (χ1n) is 6.64. The zero-order valence-electron chi connectivity index (χ0n) is 11.9. The minimum atomic E-state index is 0. The third-order valence-corrected chi connectivity index (χ3v) is 3.35. The van der Waals surface area contributed by atoms with E-state index in [1.807, 2.05) is 12.1 Å². The van der Waals surface area contributed by atoms with Crippen LogP contribution in [0.5, 0.6) is 0 Å². The van der Waals surface area contributed by atoms with Crippen molar-refractivity contribution in [1.82, 2.24) is 20.4 Å². The van der Waals surface area contributed by atoms with E-state index in [0.717, 1.165) is 38.3 Å². The number of nitrogens with one attached hydrogen (secondary N) is 1. The molecule has 2 heterocycles. The number of halogens is 2. The first-order valence-corrected chi connectivity index (χ1v) is 6.64. The Kier molecular flexibility index (Phi) is 7.11. The fourth-order valence-corrected chi connectivity index (χ4v) is 2.20. The van der Waals surface area contributed by atoms with E-state index in [2.05, 4.69) is 39.4 Å². The van der Waals surface area contributed by atoms with Gasteiger partial charge in [-0.15, -0.1) is 24.8 Å². The number of nitrogens with zero attached hydrogens (tertiary/aromatic N) is 3. The molecule has 7 heteroatoms. The molecule has 0 atom stereocenters. The minimum absolute atomic E-state index is 0. The summed E-state index contributed by atoms with van der Waals surface area (Å²) < 4.78 is 5.33. The Bertz CT molecular complexity index is 538. The molecular weight excluding hydrogens is 311 g/mol. The molecule has 1 aromatic carbocycles. The summed E-state index contributed by atoms with van der Waals surface area (Å²) in [7, 11) is 0. The van der Waals surface area contributed by atoms with Crippen LogP contribution in [-0.2, 0) is 6.54 Å². The summed E-state index contributed by atoms with van der Waals surface area (Å²) in [4.78, 5) is 6.79. The van der Waals surface area contributed by atoms with Crippen LogP contribution in [0.3, 0.4) is 0 Å². The Morgan fingerprint density at radius 1 is 1.14 bits per heavy atom. The maximum Gasteiger partial charge on any atom is 0.241 e. The maximum atomic E-state index is 5.33. The SMILES string of the molecule is Cc1ccc(-c2noc(CN3CCNCC3)n2)cc1.Cl.Cl. The maximum absolute atomic E-state index is 5.33. The number of hydrogen-bond acceptors (Lipinski definition) is 5. The highest BCUT2D eigenvalue weighted by Gasteiger charge is 2.14. The molecule has 1 aromatic heterocycles. The lowest BCUT2D eigenvalue weighted by Crippen LogP contribution is -2.42. The van der Waals surface area contributed by atoms with Crippen LogP contribution in [0, 0.1) is 6.92 Å². The van der Waals surface area contributed by atoms with E-state index in [1.165, 1.54) is 5.56 Å². The first-order chi connectivity index (χ1) is 9.31. The van der Waals surface area contributed by atoms with Gasteiger partial charge in [-0.05, 0) is 6.92 Å². The molecule has 0 bridgehead atoms. The summed E-state index contributed by atoms with van der Waals surface area (Å²) in [6.07, 6.45) is 0. The lowest BCUT2D eigenvalue weighted by atomic mass is 10.1. The van der Waals surface area contributed by atoms with Gasteiger partial charge >= 0.3 is 0 Å². The average molecular weight is 331 g/mol. The summed E-state index contributed by atoms with van der Waals surface area (Å²) in [6.45, 7) is 6.92. The molecule has 2 aromatic rings. The third kappa shape index (κ3) is 4.68. The van der Waals surface area contributed by atoms with Crippen molar-refractivity contribution in [1.29, 1.82) is 0 Å². The second-order valence-corrected chi connectivity index (χ2v) is 4.90. The second-order valence-electron chi connectivity index (χ2n) is 4.90. The van der Waals surface area contributed by atoms with Crippen molar-refractivity contribution in [2.45, 2.75) is 13.5 Å². The van der Waals surface area contributed by atoms with Gasteiger partial charge in [0.1, 0.15) is 0 Å². The molecule has 0 unspecified atom stereocenters. The fourth-order valence-electron chi connectivity index (χ4n) is 2.20. The molecule has 0 spiro atoms. The molecule has 0 amide bonds. The smallest absolute Gasteiger partial charge is 0.241 e. The van der Waals surface area contributed by atoms with Crippen molar-refractivity contribution in [2.75, 3.05) is 26.2 Å². The number of benzene rings is 1. The second kappa shape index (κ2) is 8.34. The molecule has 3 rings (SSSR count). The van der Waals surface area contributed by atoms with Gasteiger partial charge in [-0.25, -0.2) is 0 Å². The quantitative estimate of drug-likeness (QED) is 0.935. The molecule has 0 saturated carbocycles. The van der Waals surface area contributed by atoms with Crippen LogP contribution >= 0.6 is 24.8 Å². The molecule has 21 heavy (non-hydrogen) atoms. The Balaban J connectivity index is 0.00000110. The molecular formula is C14H20Cl2N4O. The van der Waals surface area contributed by atoms with Crippen LogP contribution < -0.4 is 5.32 Å². The van der Waals surface area contributed by atoms with E-state index >= 15 is 0 Å². The van der Waals surface area contributed by atoms with E-state index in [1.54, 1.807) is 0 Å². The van der Waals surface area contributed by atoms with Crippen molar-refractivity contribution in [2.24, 2.45) is 0 Å². The lowest BCUT2D eigenvalue weighted by molar-refractivity contribution is 0.203. The number of hydrogen-bond donors (Lipinski definition) is 1. The fraction of sp³-hybridized carbons (Fsp3) is 0.429. The van der Waals surface area contributed by atoms with Gasteiger partial charge in [-0.3, -0.25) is 4.90 Å². The standard InChI is InChI=1S/C14H18N4O.2ClH/c1-11-2-4-12(5-3-11)14-16-13(19-17-14)10-18-8-6-15-7-9-18;;/h2-5,15H,6-10H2,1H3;2*1H. The van der Waals surface area contributed by atoms with Crippen LogP contribution in [0.2, 0.25) is 0 Å². The highest BCUT2D eigenvalue weighted by molar-refractivity contribution is 5.85. The highest BCUT2D eigenvalue weighted by atomic mass is 35.5. The summed E-state index contributed by atoms with van der Waals surface area (Å²) in [5.74, 6) is 1.36. The van der Waals surface area contributed by atoms with E-state index in [4.69, 9.17) is 4.52 Å². The van der Waals surface area contributed by atoms with Crippen molar-refractivity contribution >= 4 is 24.8 Å². The molecule has 1 fully saturated rings. The van der Waals surface area contributed by atoms with Gasteiger partial charge in [-0.1, -0.05) is 35.0 Å². The minimum Gasteiger partial charge on any atom is -0.338 e. The van der Waals surface area contributed by atoms with Gasteiger partial charge in [0.25, 0.3) is 0 Å². The molecule has 5 nitrogen and oxygen atoms in total. The van der Waals surface area contributed by atoms with Crippen molar-refractivity contribution in [3.05, 3.63) is 35.7 Å². The van der Waals surface area contributed by atoms with Gasteiger partial charge in [0.2, 0.25) is 11.7 Å². The van der Waals surface area contributed by atoms with Gasteiger partial charge in [0.15, 0.2) is 0 Å². The summed E-state index contributed by atoms with van der Waals surface area (Å²) in [5.41, 5.74) is 2.23. The highest BCUT2D eigenvalue weighted by Crippen LogP contribution is 2.16. The monoisotopic (exact) mass is 330 g/mol. The summed E-state index contributed by atoms with van der Waals surface area (Å²) in [6, 6.07) is 8.16. The average Bonchev–Trinajstić information content (AvgIpc) is 2.89.